The highest BCUT2D eigenvalue weighted by Crippen LogP contribution is 2.30. The molecular weight excluding hydrogens is 275 g/mol. The second-order valence-electron chi connectivity index (χ2n) is 3.51. The maximum Gasteiger partial charge on any atom is 0.137 e. The van der Waals surface area contributed by atoms with E-state index in [0.29, 0.717) is 16.0 Å². The zero-order valence-electron chi connectivity index (χ0n) is 8.63. The lowest BCUT2D eigenvalue weighted by Gasteiger charge is -2.04. The van der Waals surface area contributed by atoms with Gasteiger partial charge >= 0.3 is 0 Å². The molecule has 2 rings (SSSR count). The first-order valence-corrected chi connectivity index (χ1v) is 5.56. The third kappa shape index (κ3) is 2.03. The van der Waals surface area contributed by atoms with Crippen LogP contribution in [-0.4, -0.2) is 5.11 Å². The molecule has 0 aliphatic rings. The van der Waals surface area contributed by atoms with Crippen molar-refractivity contribution in [1.29, 1.82) is 0 Å². The summed E-state index contributed by atoms with van der Waals surface area (Å²) >= 11 is 3.14. The van der Waals surface area contributed by atoms with Crippen LogP contribution in [0.3, 0.4) is 0 Å². The van der Waals surface area contributed by atoms with Gasteiger partial charge < -0.3 is 9.52 Å². The van der Waals surface area contributed by atoms with Crippen LogP contribution in [0, 0.1) is 12.7 Å². The Morgan fingerprint density at radius 1 is 1.38 bits per heavy atom. The molecule has 0 amide bonds. The summed E-state index contributed by atoms with van der Waals surface area (Å²) in [7, 11) is 0. The molecule has 1 aromatic heterocycles. The topological polar surface area (TPSA) is 33.4 Å². The Bertz CT molecular complexity index is 520. The Hall–Kier alpha value is -1.13. The van der Waals surface area contributed by atoms with E-state index in [1.807, 2.05) is 6.92 Å². The van der Waals surface area contributed by atoms with Crippen LogP contribution >= 0.6 is 15.9 Å². The van der Waals surface area contributed by atoms with Crippen molar-refractivity contribution in [3.05, 3.63) is 45.9 Å². The molecule has 2 aromatic rings. The molecule has 0 saturated carbocycles. The smallest absolute Gasteiger partial charge is 0.137 e. The van der Waals surface area contributed by atoms with Crippen molar-refractivity contribution in [3.8, 4) is 11.3 Å². The van der Waals surface area contributed by atoms with Crippen LogP contribution < -0.4 is 0 Å². The third-order valence-corrected chi connectivity index (χ3v) is 2.96. The standard InChI is InChI=1S/C12H10BrFO2/c1-7-4-11(14)10(13)5-9(7)12-3-2-8(6-15)16-12/h2-5,15H,6H2,1H3. The van der Waals surface area contributed by atoms with Crippen molar-refractivity contribution < 1.29 is 13.9 Å². The molecule has 0 unspecified atom stereocenters. The summed E-state index contributed by atoms with van der Waals surface area (Å²) in [5, 5.41) is 8.90. The molecule has 0 bridgehead atoms. The van der Waals surface area contributed by atoms with Crippen LogP contribution in [0.2, 0.25) is 0 Å². The van der Waals surface area contributed by atoms with E-state index in [0.717, 1.165) is 11.1 Å². The van der Waals surface area contributed by atoms with Crippen molar-refractivity contribution in [1.82, 2.24) is 0 Å². The second-order valence-corrected chi connectivity index (χ2v) is 4.36. The fourth-order valence-corrected chi connectivity index (χ4v) is 1.86. The Labute approximate surface area is 101 Å². The number of aliphatic hydroxyl groups excluding tert-OH is 1. The van der Waals surface area contributed by atoms with Crippen molar-refractivity contribution in [2.24, 2.45) is 0 Å². The number of halogens is 2. The Balaban J connectivity index is 2.51. The summed E-state index contributed by atoms with van der Waals surface area (Å²) in [6.07, 6.45) is 0. The molecule has 0 aliphatic carbocycles. The molecule has 4 heteroatoms. The number of hydrogen-bond donors (Lipinski definition) is 1. The number of benzene rings is 1. The van der Waals surface area contributed by atoms with Crippen molar-refractivity contribution in [3.63, 3.8) is 0 Å². The van der Waals surface area contributed by atoms with Gasteiger partial charge in [0.2, 0.25) is 0 Å². The van der Waals surface area contributed by atoms with Gasteiger partial charge in [-0.3, -0.25) is 0 Å². The van der Waals surface area contributed by atoms with Gasteiger partial charge in [0.1, 0.15) is 23.9 Å². The van der Waals surface area contributed by atoms with E-state index in [1.54, 1.807) is 18.2 Å². The lowest BCUT2D eigenvalue weighted by atomic mass is 10.1. The first kappa shape index (κ1) is 11.4. The van der Waals surface area contributed by atoms with Crippen molar-refractivity contribution in [2.45, 2.75) is 13.5 Å². The molecule has 1 heterocycles. The van der Waals surface area contributed by atoms with Gasteiger partial charge in [0.05, 0.1) is 4.47 Å². The number of aryl methyl sites for hydroxylation is 1. The molecule has 2 nitrogen and oxygen atoms in total. The predicted molar refractivity (Wildman–Crippen MR) is 62.5 cm³/mol. The highest BCUT2D eigenvalue weighted by Gasteiger charge is 2.10. The lowest BCUT2D eigenvalue weighted by Crippen LogP contribution is -1.85. The normalized spacial score (nSPS) is 10.8. The van der Waals surface area contributed by atoms with Gasteiger partial charge in [-0.1, -0.05) is 0 Å². The van der Waals surface area contributed by atoms with E-state index in [9.17, 15) is 4.39 Å². The molecule has 16 heavy (non-hydrogen) atoms. The minimum absolute atomic E-state index is 0.137. The van der Waals surface area contributed by atoms with Gasteiger partial charge in [0, 0.05) is 5.56 Å². The van der Waals surface area contributed by atoms with E-state index < -0.39 is 0 Å². The molecule has 0 saturated heterocycles. The number of furan rings is 1. The molecule has 0 fully saturated rings. The molecular formula is C12H10BrFO2. The largest absolute Gasteiger partial charge is 0.459 e. The van der Waals surface area contributed by atoms with E-state index in [1.165, 1.54) is 6.07 Å². The van der Waals surface area contributed by atoms with Crippen LogP contribution in [-0.2, 0) is 6.61 Å². The molecule has 0 atom stereocenters. The van der Waals surface area contributed by atoms with Crippen LogP contribution in [0.5, 0.6) is 0 Å². The van der Waals surface area contributed by atoms with E-state index in [2.05, 4.69) is 15.9 Å². The summed E-state index contributed by atoms with van der Waals surface area (Å²) in [4.78, 5) is 0. The molecule has 1 aromatic carbocycles. The Morgan fingerprint density at radius 2 is 2.12 bits per heavy atom. The minimum Gasteiger partial charge on any atom is -0.459 e. The van der Waals surface area contributed by atoms with Gasteiger partial charge in [-0.2, -0.15) is 0 Å². The maximum atomic E-state index is 13.2. The van der Waals surface area contributed by atoms with Crippen molar-refractivity contribution >= 4 is 15.9 Å². The van der Waals surface area contributed by atoms with E-state index in [4.69, 9.17) is 9.52 Å². The van der Waals surface area contributed by atoms with Gasteiger partial charge in [0.25, 0.3) is 0 Å². The van der Waals surface area contributed by atoms with Crippen molar-refractivity contribution in [2.75, 3.05) is 0 Å². The number of hydrogen-bond acceptors (Lipinski definition) is 2. The van der Waals surface area contributed by atoms with Gasteiger partial charge in [-0.15, -0.1) is 0 Å². The van der Waals surface area contributed by atoms with Crippen LogP contribution in [0.1, 0.15) is 11.3 Å². The van der Waals surface area contributed by atoms with Gasteiger partial charge in [-0.05, 0) is 52.7 Å². The fourth-order valence-electron chi connectivity index (χ4n) is 1.52. The summed E-state index contributed by atoms with van der Waals surface area (Å²) in [5.41, 5.74) is 1.60. The molecule has 0 radical (unpaired) electrons. The molecule has 1 N–H and O–H groups in total. The van der Waals surface area contributed by atoms with Gasteiger partial charge in [0.15, 0.2) is 0 Å². The maximum absolute atomic E-state index is 13.2. The third-order valence-electron chi connectivity index (χ3n) is 2.35. The quantitative estimate of drug-likeness (QED) is 0.913. The lowest BCUT2D eigenvalue weighted by molar-refractivity contribution is 0.248. The van der Waals surface area contributed by atoms with Crippen LogP contribution in [0.25, 0.3) is 11.3 Å². The first-order chi connectivity index (χ1) is 7.61. The fraction of sp³-hybridized carbons (Fsp3) is 0.167. The average Bonchev–Trinajstić information content (AvgIpc) is 2.71. The number of aliphatic hydroxyl groups is 1. The summed E-state index contributed by atoms with van der Waals surface area (Å²) in [6.45, 7) is 1.67. The second kappa shape index (κ2) is 4.39. The van der Waals surface area contributed by atoms with E-state index in [-0.39, 0.29) is 12.4 Å². The van der Waals surface area contributed by atoms with Crippen LogP contribution in [0.4, 0.5) is 4.39 Å². The zero-order valence-corrected chi connectivity index (χ0v) is 10.2. The molecule has 0 aliphatic heterocycles. The Morgan fingerprint density at radius 3 is 2.75 bits per heavy atom. The highest BCUT2D eigenvalue weighted by atomic mass is 79.9. The first-order valence-electron chi connectivity index (χ1n) is 4.77. The average molecular weight is 285 g/mol. The van der Waals surface area contributed by atoms with Gasteiger partial charge in [-0.25, -0.2) is 4.39 Å². The highest BCUT2D eigenvalue weighted by molar-refractivity contribution is 9.10. The molecule has 0 spiro atoms. The predicted octanol–water partition coefficient (Wildman–Crippen LogP) is 3.65. The SMILES string of the molecule is Cc1cc(F)c(Br)cc1-c1ccc(CO)o1. The summed E-state index contributed by atoms with van der Waals surface area (Å²) in [6, 6.07) is 6.58. The van der Waals surface area contributed by atoms with Crippen LogP contribution in [0.15, 0.2) is 33.2 Å². The summed E-state index contributed by atoms with van der Waals surface area (Å²) < 4.78 is 19.0. The Kier molecular flexibility index (Phi) is 3.12. The zero-order chi connectivity index (χ0) is 11.7. The summed E-state index contributed by atoms with van der Waals surface area (Å²) in [5.74, 6) is 0.826. The minimum atomic E-state index is -0.296. The number of rotatable bonds is 2. The van der Waals surface area contributed by atoms with E-state index >= 15 is 0 Å². The monoisotopic (exact) mass is 284 g/mol. The molecule has 84 valence electrons.